The summed E-state index contributed by atoms with van der Waals surface area (Å²) in [6.45, 7) is 4.78. The second-order valence-corrected chi connectivity index (χ2v) is 7.07. The molecular weight excluding hydrogens is 280 g/mol. The van der Waals surface area contributed by atoms with Crippen molar-refractivity contribution in [1.82, 2.24) is 20.0 Å². The van der Waals surface area contributed by atoms with Crippen LogP contribution in [0, 0.1) is 0 Å². The monoisotopic (exact) mass is 308 g/mol. The van der Waals surface area contributed by atoms with Gasteiger partial charge in [-0.2, -0.15) is 0 Å². The van der Waals surface area contributed by atoms with Gasteiger partial charge in [0.25, 0.3) is 0 Å². The summed E-state index contributed by atoms with van der Waals surface area (Å²) in [4.78, 5) is 29.8. The predicted molar refractivity (Wildman–Crippen MR) is 84.4 cm³/mol. The van der Waals surface area contributed by atoms with Crippen molar-refractivity contribution in [2.24, 2.45) is 0 Å². The van der Waals surface area contributed by atoms with E-state index >= 15 is 0 Å². The van der Waals surface area contributed by atoms with Gasteiger partial charge in [0.15, 0.2) is 0 Å². The van der Waals surface area contributed by atoms with Crippen LogP contribution >= 0.6 is 0 Å². The number of fused-ring (bicyclic) bond motifs is 2. The summed E-state index contributed by atoms with van der Waals surface area (Å²) in [7, 11) is 2.08. The lowest BCUT2D eigenvalue weighted by Crippen LogP contribution is -2.54. The number of piperazine rings is 1. The third-order valence-electron chi connectivity index (χ3n) is 5.53. The van der Waals surface area contributed by atoms with Crippen LogP contribution in [0.15, 0.2) is 0 Å². The third kappa shape index (κ3) is 3.43. The van der Waals surface area contributed by atoms with Gasteiger partial charge in [0.2, 0.25) is 11.8 Å². The Balaban J connectivity index is 1.46. The molecule has 124 valence electrons. The van der Waals surface area contributed by atoms with Crippen molar-refractivity contribution in [3.8, 4) is 0 Å². The summed E-state index contributed by atoms with van der Waals surface area (Å²) in [5.41, 5.74) is 0. The first-order chi connectivity index (χ1) is 10.5. The summed E-state index contributed by atoms with van der Waals surface area (Å²) in [6.07, 6.45) is 4.91. The number of hydrogen-bond acceptors (Lipinski definition) is 4. The molecule has 0 aliphatic carbocycles. The molecule has 3 rings (SSSR count). The first kappa shape index (κ1) is 15.7. The molecule has 2 atom stereocenters. The molecule has 0 saturated carbocycles. The molecule has 3 saturated heterocycles. The summed E-state index contributed by atoms with van der Waals surface area (Å²) in [6, 6.07) is 1.84. The van der Waals surface area contributed by atoms with Gasteiger partial charge in [0.1, 0.15) is 0 Å². The Morgan fingerprint density at radius 1 is 1.05 bits per heavy atom. The van der Waals surface area contributed by atoms with E-state index in [1.165, 1.54) is 25.7 Å². The van der Waals surface area contributed by atoms with Crippen LogP contribution in [0.3, 0.4) is 0 Å². The fraction of sp³-hybridized carbons (Fsp3) is 0.875. The lowest BCUT2D eigenvalue weighted by atomic mass is 9.98. The number of amides is 2. The number of rotatable bonds is 3. The Hall–Kier alpha value is -1.14. The maximum absolute atomic E-state index is 12.5. The quantitative estimate of drug-likeness (QED) is 0.790. The van der Waals surface area contributed by atoms with E-state index in [9.17, 15) is 9.59 Å². The van der Waals surface area contributed by atoms with Gasteiger partial charge in [-0.25, -0.2) is 0 Å². The molecule has 0 aromatic heterocycles. The van der Waals surface area contributed by atoms with Crippen molar-refractivity contribution in [2.75, 3.05) is 39.8 Å². The summed E-state index contributed by atoms with van der Waals surface area (Å²) in [5.74, 6) is 0.311. The zero-order chi connectivity index (χ0) is 15.7. The van der Waals surface area contributed by atoms with Gasteiger partial charge < -0.3 is 15.1 Å². The van der Waals surface area contributed by atoms with E-state index in [2.05, 4.69) is 17.3 Å². The number of nitrogens with one attached hydrogen (secondary N) is 1. The van der Waals surface area contributed by atoms with Gasteiger partial charge in [-0.3, -0.25) is 14.5 Å². The first-order valence-electron chi connectivity index (χ1n) is 8.52. The molecule has 0 radical (unpaired) electrons. The van der Waals surface area contributed by atoms with E-state index < -0.39 is 0 Å². The number of nitrogens with zero attached hydrogens (tertiary/aromatic N) is 3. The fourth-order valence-electron chi connectivity index (χ4n) is 4.10. The molecule has 6 heteroatoms. The number of carbonyl (C=O) groups is 2. The van der Waals surface area contributed by atoms with Crippen molar-refractivity contribution >= 4 is 11.8 Å². The molecule has 0 spiro atoms. The van der Waals surface area contributed by atoms with Gasteiger partial charge in [0.05, 0.1) is 6.54 Å². The zero-order valence-corrected chi connectivity index (χ0v) is 13.8. The smallest absolute Gasteiger partial charge is 0.236 e. The molecule has 1 N–H and O–H groups in total. The Labute approximate surface area is 132 Å². The maximum Gasteiger partial charge on any atom is 0.236 e. The highest BCUT2D eigenvalue weighted by molar-refractivity contribution is 5.79. The van der Waals surface area contributed by atoms with E-state index in [4.69, 9.17) is 0 Å². The first-order valence-corrected chi connectivity index (χ1v) is 8.52. The summed E-state index contributed by atoms with van der Waals surface area (Å²) in [5, 5.41) is 3.65. The molecule has 2 bridgehead atoms. The van der Waals surface area contributed by atoms with Crippen molar-refractivity contribution in [3.05, 3.63) is 0 Å². The molecule has 0 aromatic carbocycles. The van der Waals surface area contributed by atoms with Crippen LogP contribution in [-0.2, 0) is 9.59 Å². The van der Waals surface area contributed by atoms with Crippen LogP contribution < -0.4 is 5.32 Å². The van der Waals surface area contributed by atoms with Crippen molar-refractivity contribution in [3.63, 3.8) is 0 Å². The maximum atomic E-state index is 12.5. The van der Waals surface area contributed by atoms with Crippen LogP contribution in [0.1, 0.15) is 32.6 Å². The molecule has 2 unspecified atom stereocenters. The summed E-state index contributed by atoms with van der Waals surface area (Å²) >= 11 is 0. The third-order valence-corrected chi connectivity index (χ3v) is 5.53. The number of likely N-dealkylation sites (N-methyl/N-ethyl adjacent to an activating group) is 1. The average Bonchev–Trinajstić information content (AvgIpc) is 2.85. The second-order valence-electron chi connectivity index (χ2n) is 7.07. The molecule has 3 aliphatic rings. The lowest BCUT2D eigenvalue weighted by Gasteiger charge is -2.38. The minimum absolute atomic E-state index is 0.106. The minimum Gasteiger partial charge on any atom is -0.339 e. The zero-order valence-electron chi connectivity index (χ0n) is 13.8. The van der Waals surface area contributed by atoms with Crippen LogP contribution in [0.5, 0.6) is 0 Å². The molecule has 2 amide bonds. The molecule has 0 aromatic rings. The van der Waals surface area contributed by atoms with Crippen LogP contribution in [-0.4, -0.2) is 84.4 Å². The standard InChI is InChI=1S/C16H28N4O2/c1-12(21)19-5-7-20(8-6-19)16(22)11-18(2)15-9-13-3-4-14(10-15)17-13/h13-15,17H,3-11H2,1-2H3. The Morgan fingerprint density at radius 2 is 1.59 bits per heavy atom. The van der Waals surface area contributed by atoms with Crippen LogP contribution in [0.4, 0.5) is 0 Å². The van der Waals surface area contributed by atoms with Crippen molar-refractivity contribution in [1.29, 1.82) is 0 Å². The molecule has 3 fully saturated rings. The average molecular weight is 308 g/mol. The Morgan fingerprint density at radius 3 is 2.14 bits per heavy atom. The molecular formula is C16H28N4O2. The van der Waals surface area contributed by atoms with Crippen LogP contribution in [0.2, 0.25) is 0 Å². The highest BCUT2D eigenvalue weighted by atomic mass is 16.2. The lowest BCUT2D eigenvalue weighted by molar-refractivity contribution is -0.139. The molecule has 6 nitrogen and oxygen atoms in total. The Bertz CT molecular complexity index is 422. The van der Waals surface area contributed by atoms with E-state index in [-0.39, 0.29) is 11.8 Å². The van der Waals surface area contributed by atoms with E-state index in [0.717, 1.165) is 0 Å². The van der Waals surface area contributed by atoms with E-state index in [1.54, 1.807) is 6.92 Å². The summed E-state index contributed by atoms with van der Waals surface area (Å²) < 4.78 is 0. The molecule has 3 aliphatic heterocycles. The van der Waals surface area contributed by atoms with Crippen molar-refractivity contribution in [2.45, 2.75) is 50.7 Å². The van der Waals surface area contributed by atoms with Gasteiger partial charge in [-0.15, -0.1) is 0 Å². The topological polar surface area (TPSA) is 55.9 Å². The van der Waals surface area contributed by atoms with Gasteiger partial charge >= 0.3 is 0 Å². The number of hydrogen-bond donors (Lipinski definition) is 1. The van der Waals surface area contributed by atoms with Gasteiger partial charge in [-0.05, 0) is 32.7 Å². The van der Waals surface area contributed by atoms with Gasteiger partial charge in [0, 0.05) is 51.2 Å². The molecule has 3 heterocycles. The highest BCUT2D eigenvalue weighted by Gasteiger charge is 2.35. The Kier molecular flexibility index (Phi) is 4.68. The molecule has 22 heavy (non-hydrogen) atoms. The minimum atomic E-state index is 0.106. The number of carbonyl (C=O) groups excluding carboxylic acids is 2. The van der Waals surface area contributed by atoms with Crippen molar-refractivity contribution < 1.29 is 9.59 Å². The largest absolute Gasteiger partial charge is 0.339 e. The van der Waals surface area contributed by atoms with E-state index in [0.29, 0.717) is 50.8 Å². The SMILES string of the molecule is CC(=O)N1CCN(C(=O)CN(C)C2CC3CCC(C2)N3)CC1. The highest BCUT2D eigenvalue weighted by Crippen LogP contribution is 2.29. The second kappa shape index (κ2) is 6.54. The van der Waals surface area contributed by atoms with E-state index in [1.807, 2.05) is 9.80 Å². The predicted octanol–water partition coefficient (Wildman–Crippen LogP) is -0.108. The number of piperidine rings is 1. The van der Waals surface area contributed by atoms with Gasteiger partial charge in [-0.1, -0.05) is 0 Å². The fourth-order valence-corrected chi connectivity index (χ4v) is 4.10. The van der Waals surface area contributed by atoms with Crippen LogP contribution in [0.25, 0.3) is 0 Å². The normalized spacial score (nSPS) is 31.7.